The van der Waals surface area contributed by atoms with Crippen LogP contribution in [0.15, 0.2) is 24.3 Å². The lowest BCUT2D eigenvalue weighted by Gasteiger charge is -2.27. The van der Waals surface area contributed by atoms with E-state index < -0.39 is 35.1 Å². The highest BCUT2D eigenvalue weighted by Crippen LogP contribution is 2.44. The Morgan fingerprint density at radius 3 is 2.50 bits per heavy atom. The molecule has 10 heteroatoms. The van der Waals surface area contributed by atoms with Gasteiger partial charge in [0.05, 0.1) is 16.6 Å². The van der Waals surface area contributed by atoms with Gasteiger partial charge in [-0.3, -0.25) is 9.59 Å². The second-order valence-electron chi connectivity index (χ2n) is 5.72. The molecule has 0 spiro atoms. The Morgan fingerprint density at radius 2 is 1.88 bits per heavy atom. The summed E-state index contributed by atoms with van der Waals surface area (Å²) in [7, 11) is 0. The van der Waals surface area contributed by atoms with Crippen LogP contribution in [-0.4, -0.2) is 39.8 Å². The molecule has 1 unspecified atom stereocenters. The van der Waals surface area contributed by atoms with Gasteiger partial charge in [-0.25, -0.2) is 4.98 Å². The zero-order chi connectivity index (χ0) is 19.4. The standard InChI is InChI=1S/C16H17F3N2O4S/c17-16(18,19)15(25,9-12(22)20-8-4-3-7-13(23)24)14-21-10-5-1-2-6-11(10)26-14/h1-2,5-6,25H,3-4,7-9H2,(H,20,22)(H,23,24). The van der Waals surface area contributed by atoms with E-state index in [0.717, 1.165) is 0 Å². The van der Waals surface area contributed by atoms with Gasteiger partial charge in [0.1, 0.15) is 5.01 Å². The largest absolute Gasteiger partial charge is 0.481 e. The van der Waals surface area contributed by atoms with Gasteiger partial charge in [-0.2, -0.15) is 13.2 Å². The van der Waals surface area contributed by atoms with E-state index in [0.29, 0.717) is 28.0 Å². The molecule has 1 amide bonds. The number of alkyl halides is 3. The number of rotatable bonds is 8. The lowest BCUT2D eigenvalue weighted by molar-refractivity contribution is -0.267. The first-order valence-corrected chi connectivity index (χ1v) is 8.59. The molecule has 0 aliphatic carbocycles. The number of fused-ring (bicyclic) bond motifs is 1. The fraction of sp³-hybridized carbons (Fsp3) is 0.438. The Kier molecular flexibility index (Phi) is 6.19. The zero-order valence-corrected chi connectivity index (χ0v) is 14.4. The van der Waals surface area contributed by atoms with Crippen LogP contribution < -0.4 is 5.32 Å². The van der Waals surface area contributed by atoms with E-state index in [1.54, 1.807) is 18.2 Å². The van der Waals surface area contributed by atoms with Crippen LogP contribution in [0.4, 0.5) is 13.2 Å². The van der Waals surface area contributed by atoms with Crippen molar-refractivity contribution in [3.63, 3.8) is 0 Å². The van der Waals surface area contributed by atoms with Gasteiger partial charge in [-0.1, -0.05) is 12.1 Å². The van der Waals surface area contributed by atoms with Gasteiger partial charge in [0.15, 0.2) is 0 Å². The molecular weight excluding hydrogens is 373 g/mol. The van der Waals surface area contributed by atoms with Crippen molar-refractivity contribution in [3.05, 3.63) is 29.3 Å². The van der Waals surface area contributed by atoms with Crippen molar-refractivity contribution in [2.24, 2.45) is 0 Å². The summed E-state index contributed by atoms with van der Waals surface area (Å²) < 4.78 is 40.9. The predicted octanol–water partition coefficient (Wildman–Crippen LogP) is 2.81. The van der Waals surface area contributed by atoms with Crippen LogP contribution in [-0.2, 0) is 15.2 Å². The maximum atomic E-state index is 13.5. The number of aliphatic hydroxyl groups is 1. The number of hydrogen-bond acceptors (Lipinski definition) is 5. The maximum absolute atomic E-state index is 13.5. The van der Waals surface area contributed by atoms with Gasteiger partial charge < -0.3 is 15.5 Å². The molecule has 0 aliphatic heterocycles. The third-order valence-corrected chi connectivity index (χ3v) is 4.86. The minimum absolute atomic E-state index is 0.0277. The first kappa shape index (κ1) is 20.1. The van der Waals surface area contributed by atoms with Crippen molar-refractivity contribution >= 4 is 33.4 Å². The molecule has 0 fully saturated rings. The first-order chi connectivity index (χ1) is 12.1. The highest BCUT2D eigenvalue weighted by molar-refractivity contribution is 7.18. The van der Waals surface area contributed by atoms with Crippen molar-refractivity contribution in [2.45, 2.75) is 37.5 Å². The summed E-state index contributed by atoms with van der Waals surface area (Å²) >= 11 is 0.682. The smallest absolute Gasteiger partial charge is 0.424 e. The highest BCUT2D eigenvalue weighted by atomic mass is 32.1. The van der Waals surface area contributed by atoms with Crippen molar-refractivity contribution < 1.29 is 33.0 Å². The maximum Gasteiger partial charge on any atom is 0.424 e. The van der Waals surface area contributed by atoms with E-state index in [4.69, 9.17) is 5.11 Å². The fourth-order valence-electron chi connectivity index (χ4n) is 2.27. The molecule has 3 N–H and O–H groups in total. The minimum atomic E-state index is -5.08. The molecule has 2 aromatic rings. The molecule has 1 atom stereocenters. The number of carbonyl (C=O) groups is 2. The first-order valence-electron chi connectivity index (χ1n) is 7.77. The number of thiazole rings is 1. The molecule has 0 saturated heterocycles. The van der Waals surface area contributed by atoms with E-state index in [1.807, 2.05) is 0 Å². The van der Waals surface area contributed by atoms with Crippen LogP contribution in [0.25, 0.3) is 10.2 Å². The van der Waals surface area contributed by atoms with Crippen LogP contribution in [0.2, 0.25) is 0 Å². The molecule has 6 nitrogen and oxygen atoms in total. The fourth-order valence-corrected chi connectivity index (χ4v) is 3.34. The predicted molar refractivity (Wildman–Crippen MR) is 88.7 cm³/mol. The lowest BCUT2D eigenvalue weighted by Crippen LogP contribution is -2.46. The molecule has 26 heavy (non-hydrogen) atoms. The summed E-state index contributed by atoms with van der Waals surface area (Å²) in [6.07, 6.45) is -5.79. The van der Waals surface area contributed by atoms with E-state index in [9.17, 15) is 27.9 Å². The molecule has 0 radical (unpaired) electrons. The van der Waals surface area contributed by atoms with E-state index >= 15 is 0 Å². The van der Waals surface area contributed by atoms with E-state index in [2.05, 4.69) is 10.3 Å². The van der Waals surface area contributed by atoms with Gasteiger partial charge in [0.2, 0.25) is 11.5 Å². The normalized spacial score (nSPS) is 14.2. The summed E-state index contributed by atoms with van der Waals surface area (Å²) in [5.41, 5.74) is -3.08. The van der Waals surface area contributed by atoms with Gasteiger partial charge >= 0.3 is 12.1 Å². The summed E-state index contributed by atoms with van der Waals surface area (Å²) in [4.78, 5) is 26.1. The van der Waals surface area contributed by atoms with Gasteiger partial charge in [-0.15, -0.1) is 11.3 Å². The lowest BCUT2D eigenvalue weighted by atomic mass is 9.99. The number of halogens is 3. The summed E-state index contributed by atoms with van der Waals surface area (Å²) in [5, 5.41) is 20.4. The molecular formula is C16H17F3N2O4S. The Labute approximate surface area is 150 Å². The Balaban J connectivity index is 2.09. The zero-order valence-electron chi connectivity index (χ0n) is 13.5. The number of unbranched alkanes of at least 4 members (excludes halogenated alkanes) is 1. The number of amides is 1. The third-order valence-electron chi connectivity index (χ3n) is 3.67. The summed E-state index contributed by atoms with van der Waals surface area (Å²) in [6, 6.07) is 6.35. The van der Waals surface area contributed by atoms with Crippen LogP contribution in [0, 0.1) is 0 Å². The topological polar surface area (TPSA) is 99.5 Å². The molecule has 1 aromatic heterocycles. The second-order valence-corrected chi connectivity index (χ2v) is 6.75. The van der Waals surface area contributed by atoms with Crippen molar-refractivity contribution in [1.29, 1.82) is 0 Å². The number of nitrogens with zero attached hydrogens (tertiary/aromatic N) is 1. The van der Waals surface area contributed by atoms with Crippen molar-refractivity contribution in [1.82, 2.24) is 10.3 Å². The molecule has 0 aliphatic rings. The van der Waals surface area contributed by atoms with Gasteiger partial charge in [0.25, 0.3) is 0 Å². The number of carbonyl (C=O) groups excluding carboxylic acids is 1. The van der Waals surface area contributed by atoms with Gasteiger partial charge in [0, 0.05) is 13.0 Å². The monoisotopic (exact) mass is 390 g/mol. The second kappa shape index (κ2) is 8.00. The number of aromatic nitrogens is 1. The molecule has 2 rings (SSSR count). The number of hydrogen-bond donors (Lipinski definition) is 3. The van der Waals surface area contributed by atoms with Crippen LogP contribution in [0.1, 0.15) is 30.7 Å². The highest BCUT2D eigenvalue weighted by Gasteiger charge is 2.58. The van der Waals surface area contributed by atoms with E-state index in [-0.39, 0.29) is 19.4 Å². The van der Waals surface area contributed by atoms with Crippen LogP contribution in [0.5, 0.6) is 0 Å². The number of carboxylic acids is 1. The number of nitrogens with one attached hydrogen (secondary N) is 1. The van der Waals surface area contributed by atoms with Crippen molar-refractivity contribution in [3.8, 4) is 0 Å². The molecule has 1 aromatic carbocycles. The Hall–Kier alpha value is -2.20. The number of para-hydroxylation sites is 1. The number of carboxylic acid groups (broad SMARTS) is 1. The average molecular weight is 390 g/mol. The molecule has 142 valence electrons. The SMILES string of the molecule is O=C(O)CCCCNC(=O)CC(O)(c1nc2ccccc2s1)C(F)(F)F. The number of aliphatic carboxylic acids is 1. The third kappa shape index (κ3) is 4.70. The van der Waals surface area contributed by atoms with Crippen LogP contribution >= 0.6 is 11.3 Å². The number of benzene rings is 1. The molecule has 0 bridgehead atoms. The minimum Gasteiger partial charge on any atom is -0.481 e. The Bertz CT molecular complexity index is 760. The van der Waals surface area contributed by atoms with Crippen molar-refractivity contribution in [2.75, 3.05) is 6.54 Å². The summed E-state index contributed by atoms with van der Waals surface area (Å²) in [6.45, 7) is 0.0277. The van der Waals surface area contributed by atoms with Crippen LogP contribution in [0.3, 0.4) is 0 Å². The average Bonchev–Trinajstić information content (AvgIpc) is 2.97. The molecule has 1 heterocycles. The quantitative estimate of drug-likeness (QED) is 0.602. The van der Waals surface area contributed by atoms with E-state index in [1.165, 1.54) is 6.07 Å². The Morgan fingerprint density at radius 1 is 1.19 bits per heavy atom. The summed E-state index contributed by atoms with van der Waals surface area (Å²) in [5.74, 6) is -1.97. The molecule has 0 saturated carbocycles. The van der Waals surface area contributed by atoms with Gasteiger partial charge in [-0.05, 0) is 25.0 Å².